The van der Waals surface area contributed by atoms with Crippen LogP contribution in [0.3, 0.4) is 0 Å². The van der Waals surface area contributed by atoms with Crippen molar-refractivity contribution >= 4 is 11.4 Å². The highest BCUT2D eigenvalue weighted by molar-refractivity contribution is 5.84. The van der Waals surface area contributed by atoms with Crippen LogP contribution in [0.2, 0.25) is 0 Å². The number of nitrogens with zero attached hydrogens (tertiary/aromatic N) is 4. The molecule has 0 unspecified atom stereocenters. The number of likely N-dealkylation sites (tertiary alicyclic amines) is 1. The normalized spacial score (nSPS) is 21.3. The van der Waals surface area contributed by atoms with E-state index in [1.54, 1.807) is 0 Å². The molecule has 0 spiro atoms. The monoisotopic (exact) mass is 451 g/mol. The van der Waals surface area contributed by atoms with Crippen LogP contribution >= 0.6 is 0 Å². The van der Waals surface area contributed by atoms with E-state index in [0.717, 1.165) is 39.7 Å². The average molecular weight is 452 g/mol. The third-order valence-corrected chi connectivity index (χ3v) is 7.19. The van der Waals surface area contributed by atoms with Gasteiger partial charge in [-0.2, -0.15) is 0 Å². The topological polar surface area (TPSA) is 65.3 Å². The summed E-state index contributed by atoms with van der Waals surface area (Å²) in [6.45, 7) is 4.26. The molecule has 2 fully saturated rings. The van der Waals surface area contributed by atoms with E-state index in [1.165, 1.54) is 45.2 Å². The predicted molar refractivity (Wildman–Crippen MR) is 132 cm³/mol. The average Bonchev–Trinajstić information content (AvgIpc) is 2.97. The van der Waals surface area contributed by atoms with Crippen LogP contribution in [0, 0.1) is 11.3 Å². The molecule has 3 heterocycles. The van der Waals surface area contributed by atoms with Crippen molar-refractivity contribution in [3.8, 4) is 5.75 Å². The van der Waals surface area contributed by atoms with Crippen molar-refractivity contribution in [1.82, 2.24) is 14.9 Å². The van der Waals surface area contributed by atoms with Gasteiger partial charge in [-0.05, 0) is 67.6 Å². The molecule has 172 valence electrons. The molecular formula is C28H29N5O. The molecule has 6 nitrogen and oxygen atoms in total. The first-order chi connectivity index (χ1) is 16.7. The van der Waals surface area contributed by atoms with Gasteiger partial charge in [0, 0.05) is 29.9 Å². The van der Waals surface area contributed by atoms with Gasteiger partial charge in [0.15, 0.2) is 5.49 Å². The third-order valence-electron chi connectivity index (χ3n) is 7.19. The highest BCUT2D eigenvalue weighted by atomic mass is 16.5. The van der Waals surface area contributed by atoms with Gasteiger partial charge in [0.2, 0.25) is 0 Å². The van der Waals surface area contributed by atoms with Crippen molar-refractivity contribution in [3.63, 3.8) is 0 Å². The van der Waals surface area contributed by atoms with Gasteiger partial charge in [0.25, 0.3) is 0 Å². The first kappa shape index (κ1) is 21.1. The number of aromatic nitrogens is 2. The Hall–Kier alpha value is -3.51. The first-order valence-corrected chi connectivity index (χ1v) is 12.1. The molecule has 3 aliphatic rings. The summed E-state index contributed by atoms with van der Waals surface area (Å²) in [4.78, 5) is 13.7. The lowest BCUT2D eigenvalue weighted by molar-refractivity contribution is 0.110. The second-order valence-electron chi connectivity index (χ2n) is 9.54. The van der Waals surface area contributed by atoms with Crippen LogP contribution in [0.5, 0.6) is 5.75 Å². The Kier molecular flexibility index (Phi) is 5.59. The summed E-state index contributed by atoms with van der Waals surface area (Å²) in [7, 11) is 0. The van der Waals surface area contributed by atoms with Gasteiger partial charge < -0.3 is 14.5 Å². The molecule has 6 rings (SSSR count). The van der Waals surface area contributed by atoms with Crippen LogP contribution in [-0.2, 0) is 6.61 Å². The minimum atomic E-state index is 0.240. The van der Waals surface area contributed by atoms with Crippen molar-refractivity contribution in [2.24, 2.45) is 5.92 Å². The van der Waals surface area contributed by atoms with Gasteiger partial charge in [-0.3, -0.25) is 5.41 Å². The molecule has 2 aliphatic heterocycles. The molecule has 1 aliphatic carbocycles. The highest BCUT2D eigenvalue weighted by Crippen LogP contribution is 2.39. The molecule has 1 saturated heterocycles. The van der Waals surface area contributed by atoms with E-state index in [9.17, 15) is 0 Å². The van der Waals surface area contributed by atoms with Gasteiger partial charge in [-0.15, -0.1) is 0 Å². The molecule has 1 aromatic heterocycles. The maximum Gasteiger partial charge on any atom is 0.154 e. The number of nitrogens with one attached hydrogen (secondary N) is 1. The Bertz CT molecular complexity index is 1270. The van der Waals surface area contributed by atoms with Crippen LogP contribution in [0.15, 0.2) is 73.2 Å². The summed E-state index contributed by atoms with van der Waals surface area (Å²) in [5.41, 5.74) is 4.21. The Morgan fingerprint density at radius 2 is 1.82 bits per heavy atom. The molecular weight excluding hydrogens is 422 g/mol. The summed E-state index contributed by atoms with van der Waals surface area (Å²) in [5.74, 6) is 2.46. The maximum absolute atomic E-state index is 8.47. The molecule has 34 heavy (non-hydrogen) atoms. The number of ether oxygens (including phenoxy) is 1. The van der Waals surface area contributed by atoms with Crippen molar-refractivity contribution < 1.29 is 4.74 Å². The SMILES string of the molecule is N=c1ncnc2cc1C(c1cccc(OCc3ccccc3)c1)=CN2C1CC(CN2CCC2)C1. The zero-order valence-electron chi connectivity index (χ0n) is 19.2. The number of rotatable bonds is 7. The Morgan fingerprint density at radius 1 is 0.971 bits per heavy atom. The standard InChI is InChI=1S/C28H29N5O/c29-28-25-15-27(30-19-31-28)33(23-12-21(13-23)16-32-10-5-11-32)17-26(25)22-8-4-9-24(14-22)34-18-20-6-2-1-3-7-20/h1-4,6-9,14-15,17,19,21,23,29H,5,10-13,16,18H2. The van der Waals surface area contributed by atoms with E-state index in [0.29, 0.717) is 12.6 Å². The lowest BCUT2D eigenvalue weighted by atomic mass is 9.78. The smallest absolute Gasteiger partial charge is 0.154 e. The molecule has 1 N–H and O–H groups in total. The molecule has 0 atom stereocenters. The minimum absolute atomic E-state index is 0.240. The zero-order valence-corrected chi connectivity index (χ0v) is 19.2. The predicted octanol–water partition coefficient (Wildman–Crippen LogP) is 4.23. The molecule has 2 aromatic carbocycles. The quantitative estimate of drug-likeness (QED) is 0.582. The zero-order chi connectivity index (χ0) is 22.9. The maximum atomic E-state index is 8.47. The summed E-state index contributed by atoms with van der Waals surface area (Å²) in [6.07, 6.45) is 7.39. The van der Waals surface area contributed by atoms with Crippen LogP contribution in [0.1, 0.15) is 36.0 Å². The third kappa shape index (κ3) is 4.21. The van der Waals surface area contributed by atoms with Crippen molar-refractivity contribution in [2.75, 3.05) is 24.5 Å². The minimum Gasteiger partial charge on any atom is -0.489 e. The molecule has 2 bridgehead atoms. The van der Waals surface area contributed by atoms with E-state index in [4.69, 9.17) is 10.1 Å². The van der Waals surface area contributed by atoms with Gasteiger partial charge in [0.05, 0.1) is 0 Å². The fourth-order valence-electron chi connectivity index (χ4n) is 5.09. The number of benzene rings is 2. The summed E-state index contributed by atoms with van der Waals surface area (Å²) >= 11 is 0. The lowest BCUT2D eigenvalue weighted by Gasteiger charge is -2.46. The lowest BCUT2D eigenvalue weighted by Crippen LogP contribution is -2.49. The van der Waals surface area contributed by atoms with Crippen LogP contribution in [0.25, 0.3) is 5.57 Å². The largest absolute Gasteiger partial charge is 0.489 e. The summed E-state index contributed by atoms with van der Waals surface area (Å²) < 4.78 is 6.08. The molecule has 1 saturated carbocycles. The Morgan fingerprint density at radius 3 is 2.62 bits per heavy atom. The van der Waals surface area contributed by atoms with E-state index in [2.05, 4.69) is 50.2 Å². The first-order valence-electron chi connectivity index (χ1n) is 12.1. The molecule has 6 heteroatoms. The van der Waals surface area contributed by atoms with E-state index >= 15 is 0 Å². The molecule has 0 amide bonds. The summed E-state index contributed by atoms with van der Waals surface area (Å²) in [5, 5.41) is 8.47. The van der Waals surface area contributed by atoms with Gasteiger partial charge in [0.1, 0.15) is 24.5 Å². The second kappa shape index (κ2) is 9.03. The van der Waals surface area contributed by atoms with Crippen LogP contribution < -0.4 is 15.1 Å². The van der Waals surface area contributed by atoms with Crippen molar-refractivity contribution in [1.29, 1.82) is 5.41 Å². The number of anilines is 1. The fraction of sp³-hybridized carbons (Fsp3) is 0.321. The van der Waals surface area contributed by atoms with Gasteiger partial charge in [-0.25, -0.2) is 9.97 Å². The Labute approximate surface area is 200 Å². The molecule has 3 aromatic rings. The van der Waals surface area contributed by atoms with Crippen molar-refractivity contribution in [2.45, 2.75) is 31.9 Å². The van der Waals surface area contributed by atoms with E-state index in [1.807, 2.05) is 36.4 Å². The Balaban J connectivity index is 1.25. The highest BCUT2D eigenvalue weighted by Gasteiger charge is 2.36. The van der Waals surface area contributed by atoms with E-state index < -0.39 is 0 Å². The number of fused-ring (bicyclic) bond motifs is 2. The second-order valence-corrected chi connectivity index (χ2v) is 9.54. The number of hydrogen-bond acceptors (Lipinski definition) is 6. The van der Waals surface area contributed by atoms with Crippen molar-refractivity contribution in [3.05, 3.63) is 95.4 Å². The number of hydrogen-bond donors (Lipinski definition) is 1. The summed E-state index contributed by atoms with van der Waals surface area (Å²) in [6, 6.07) is 20.8. The van der Waals surface area contributed by atoms with Crippen LogP contribution in [0.4, 0.5) is 5.82 Å². The van der Waals surface area contributed by atoms with Gasteiger partial charge in [-0.1, -0.05) is 42.5 Å². The van der Waals surface area contributed by atoms with E-state index in [-0.39, 0.29) is 5.49 Å². The molecule has 0 radical (unpaired) electrons. The van der Waals surface area contributed by atoms with Gasteiger partial charge >= 0.3 is 0 Å². The van der Waals surface area contributed by atoms with Crippen LogP contribution in [-0.4, -0.2) is 40.5 Å². The fourth-order valence-corrected chi connectivity index (χ4v) is 5.09.